The van der Waals surface area contributed by atoms with Crippen LogP contribution in [0, 0.1) is 5.82 Å². The van der Waals surface area contributed by atoms with E-state index in [1.54, 1.807) is 0 Å². The van der Waals surface area contributed by atoms with E-state index in [-0.39, 0.29) is 10.6 Å². The highest BCUT2D eigenvalue weighted by molar-refractivity contribution is 6.31. The van der Waals surface area contributed by atoms with Gasteiger partial charge in [-0.15, -0.1) is 0 Å². The first-order chi connectivity index (χ1) is 6.88. The van der Waals surface area contributed by atoms with Crippen LogP contribution in [0.5, 0.6) is 0 Å². The summed E-state index contributed by atoms with van der Waals surface area (Å²) >= 11 is 5.59. The lowest BCUT2D eigenvalue weighted by atomic mass is 10.0. The highest BCUT2D eigenvalue weighted by Crippen LogP contribution is 2.33. The van der Waals surface area contributed by atoms with Gasteiger partial charge >= 0.3 is 0 Å². The Morgan fingerprint density at radius 1 is 1.47 bits per heavy atom. The number of nitrogens with two attached hydrogens (primary N) is 1. The molecule has 84 valence electrons. The quantitative estimate of drug-likeness (QED) is 0.849. The topological polar surface area (TPSA) is 46.2 Å². The first-order valence-electron chi connectivity index (χ1n) is 4.07. The van der Waals surface area contributed by atoms with Crippen LogP contribution in [0.1, 0.15) is 11.6 Å². The van der Waals surface area contributed by atoms with Crippen molar-refractivity contribution in [1.82, 2.24) is 0 Å². The second kappa shape index (κ2) is 4.38. The molecule has 1 atom stereocenters. The summed E-state index contributed by atoms with van der Waals surface area (Å²) in [6.45, 7) is -1.42. The Balaban J connectivity index is 3.10. The highest BCUT2D eigenvalue weighted by Gasteiger charge is 2.38. The van der Waals surface area contributed by atoms with Gasteiger partial charge in [-0.1, -0.05) is 11.6 Å². The number of halogens is 4. The third-order valence-electron chi connectivity index (χ3n) is 1.96. The molecule has 15 heavy (non-hydrogen) atoms. The molecule has 0 aliphatic rings. The second-order valence-electron chi connectivity index (χ2n) is 3.06. The third-order valence-corrected chi connectivity index (χ3v) is 2.30. The normalized spacial score (nSPS) is 14.0. The molecule has 2 nitrogen and oxygen atoms in total. The van der Waals surface area contributed by atoms with Crippen LogP contribution >= 0.6 is 11.6 Å². The standard InChI is InChI=1S/C9H9ClF3NO/c10-7-2-1-5(11)3-6(7)8(14)9(12,13)4-15/h1-3,8,15H,4,14H2/t8-/m0/s1. The van der Waals surface area contributed by atoms with E-state index in [2.05, 4.69) is 0 Å². The molecule has 0 bridgehead atoms. The lowest BCUT2D eigenvalue weighted by Crippen LogP contribution is -2.36. The molecule has 0 aromatic heterocycles. The molecule has 0 heterocycles. The van der Waals surface area contributed by atoms with Crippen LogP contribution in [-0.2, 0) is 0 Å². The van der Waals surface area contributed by atoms with Crippen LogP contribution in [0.4, 0.5) is 13.2 Å². The predicted octanol–water partition coefficient (Wildman–Crippen LogP) is 2.11. The molecule has 0 fully saturated rings. The van der Waals surface area contributed by atoms with Crippen molar-refractivity contribution in [2.24, 2.45) is 5.73 Å². The summed E-state index contributed by atoms with van der Waals surface area (Å²) in [4.78, 5) is 0. The first kappa shape index (κ1) is 12.3. The Labute approximate surface area is 89.5 Å². The van der Waals surface area contributed by atoms with Crippen LogP contribution < -0.4 is 5.73 Å². The SMILES string of the molecule is N[C@@H](c1cc(F)ccc1Cl)C(F)(F)CO. The largest absolute Gasteiger partial charge is 0.390 e. The van der Waals surface area contributed by atoms with E-state index in [1.807, 2.05) is 0 Å². The summed E-state index contributed by atoms with van der Waals surface area (Å²) in [5.41, 5.74) is 4.97. The smallest absolute Gasteiger partial charge is 0.289 e. The molecule has 0 spiro atoms. The molecule has 0 aliphatic heterocycles. The number of alkyl halides is 2. The maximum absolute atomic E-state index is 13.0. The van der Waals surface area contributed by atoms with Gasteiger partial charge in [0.15, 0.2) is 0 Å². The van der Waals surface area contributed by atoms with Gasteiger partial charge < -0.3 is 10.8 Å². The third kappa shape index (κ3) is 2.62. The average molecular weight is 240 g/mol. The average Bonchev–Trinajstić information content (AvgIpc) is 2.20. The van der Waals surface area contributed by atoms with Crippen molar-refractivity contribution in [3.8, 4) is 0 Å². The molecule has 1 rings (SSSR count). The molecule has 0 aliphatic carbocycles. The Bertz CT molecular complexity index is 359. The Kier molecular flexibility index (Phi) is 3.59. The Hall–Kier alpha value is -0.780. The van der Waals surface area contributed by atoms with E-state index < -0.39 is 24.4 Å². The van der Waals surface area contributed by atoms with Crippen LogP contribution in [0.3, 0.4) is 0 Å². The van der Waals surface area contributed by atoms with Gasteiger partial charge in [0.25, 0.3) is 5.92 Å². The van der Waals surface area contributed by atoms with Gasteiger partial charge in [-0.3, -0.25) is 0 Å². The molecular formula is C9H9ClF3NO. The number of benzene rings is 1. The van der Waals surface area contributed by atoms with Gasteiger partial charge in [0.05, 0.1) is 6.04 Å². The minimum absolute atomic E-state index is 0.0583. The van der Waals surface area contributed by atoms with Crippen LogP contribution in [0.15, 0.2) is 18.2 Å². The number of hydrogen-bond acceptors (Lipinski definition) is 2. The lowest BCUT2D eigenvalue weighted by Gasteiger charge is -2.22. The highest BCUT2D eigenvalue weighted by atomic mass is 35.5. The maximum atomic E-state index is 13.0. The number of aliphatic hydroxyl groups excluding tert-OH is 1. The minimum atomic E-state index is -3.53. The predicted molar refractivity (Wildman–Crippen MR) is 50.4 cm³/mol. The van der Waals surface area contributed by atoms with Gasteiger partial charge in [-0.25, -0.2) is 13.2 Å². The molecule has 0 unspecified atom stereocenters. The zero-order chi connectivity index (χ0) is 11.6. The van der Waals surface area contributed by atoms with Gasteiger partial charge in [-0.2, -0.15) is 0 Å². The van der Waals surface area contributed by atoms with Crippen LogP contribution in [0.25, 0.3) is 0 Å². The van der Waals surface area contributed by atoms with E-state index in [0.717, 1.165) is 18.2 Å². The molecular weight excluding hydrogens is 231 g/mol. The van der Waals surface area contributed by atoms with Crippen molar-refractivity contribution < 1.29 is 18.3 Å². The molecule has 0 amide bonds. The van der Waals surface area contributed by atoms with Crippen LogP contribution in [0.2, 0.25) is 5.02 Å². The number of aliphatic hydroxyl groups is 1. The molecule has 0 saturated heterocycles. The fraction of sp³-hybridized carbons (Fsp3) is 0.333. The minimum Gasteiger partial charge on any atom is -0.390 e. The molecule has 1 aromatic carbocycles. The molecule has 3 N–H and O–H groups in total. The molecule has 0 saturated carbocycles. The lowest BCUT2D eigenvalue weighted by molar-refractivity contribution is -0.0712. The molecule has 0 radical (unpaired) electrons. The van der Waals surface area contributed by atoms with Gasteiger partial charge in [0, 0.05) is 5.02 Å². The second-order valence-corrected chi connectivity index (χ2v) is 3.47. The first-order valence-corrected chi connectivity index (χ1v) is 4.45. The van der Waals surface area contributed by atoms with E-state index in [9.17, 15) is 13.2 Å². The number of rotatable bonds is 3. The van der Waals surface area contributed by atoms with E-state index in [4.69, 9.17) is 22.4 Å². The van der Waals surface area contributed by atoms with Crippen LogP contribution in [-0.4, -0.2) is 17.6 Å². The monoisotopic (exact) mass is 239 g/mol. The van der Waals surface area contributed by atoms with E-state index >= 15 is 0 Å². The van der Waals surface area contributed by atoms with E-state index in [1.165, 1.54) is 0 Å². The summed E-state index contributed by atoms with van der Waals surface area (Å²) in [6.07, 6.45) is 0. The Morgan fingerprint density at radius 3 is 2.60 bits per heavy atom. The maximum Gasteiger partial charge on any atom is 0.289 e. The fourth-order valence-corrected chi connectivity index (χ4v) is 1.31. The van der Waals surface area contributed by atoms with E-state index in [0.29, 0.717) is 0 Å². The molecule has 6 heteroatoms. The summed E-state index contributed by atoms with van der Waals surface area (Å²) in [6, 6.07) is 1.18. The van der Waals surface area contributed by atoms with Crippen molar-refractivity contribution in [3.05, 3.63) is 34.6 Å². The van der Waals surface area contributed by atoms with Crippen molar-refractivity contribution in [2.45, 2.75) is 12.0 Å². The zero-order valence-corrected chi connectivity index (χ0v) is 8.31. The molecule has 1 aromatic rings. The van der Waals surface area contributed by atoms with Crippen molar-refractivity contribution in [2.75, 3.05) is 6.61 Å². The number of hydrogen-bond donors (Lipinski definition) is 2. The fourth-order valence-electron chi connectivity index (χ4n) is 1.08. The van der Waals surface area contributed by atoms with Gasteiger partial charge in [0.2, 0.25) is 0 Å². The van der Waals surface area contributed by atoms with Crippen molar-refractivity contribution in [3.63, 3.8) is 0 Å². The van der Waals surface area contributed by atoms with Crippen molar-refractivity contribution >= 4 is 11.6 Å². The van der Waals surface area contributed by atoms with Gasteiger partial charge in [-0.05, 0) is 23.8 Å². The summed E-state index contributed by atoms with van der Waals surface area (Å²) in [7, 11) is 0. The summed E-state index contributed by atoms with van der Waals surface area (Å²) in [5.74, 6) is -4.24. The summed E-state index contributed by atoms with van der Waals surface area (Å²) in [5, 5.41) is 8.36. The Morgan fingerprint density at radius 2 is 2.07 bits per heavy atom. The zero-order valence-electron chi connectivity index (χ0n) is 7.55. The van der Waals surface area contributed by atoms with Gasteiger partial charge in [0.1, 0.15) is 12.4 Å². The van der Waals surface area contributed by atoms with Crippen molar-refractivity contribution in [1.29, 1.82) is 0 Å². The summed E-state index contributed by atoms with van der Waals surface area (Å²) < 4.78 is 38.8.